The van der Waals surface area contributed by atoms with E-state index in [-0.39, 0.29) is 24.3 Å². The van der Waals surface area contributed by atoms with E-state index < -0.39 is 5.54 Å². The minimum Gasteiger partial charge on any atom is -0.348 e. The summed E-state index contributed by atoms with van der Waals surface area (Å²) in [6.45, 7) is 5.91. The number of benzene rings is 1. The molecule has 0 saturated heterocycles. The van der Waals surface area contributed by atoms with Gasteiger partial charge in [0.1, 0.15) is 5.82 Å². The number of hydrogen-bond acceptors (Lipinski definition) is 3. The summed E-state index contributed by atoms with van der Waals surface area (Å²) in [6, 6.07) is 8.20. The van der Waals surface area contributed by atoms with E-state index in [1.54, 1.807) is 17.4 Å². The van der Waals surface area contributed by atoms with Gasteiger partial charge in [0.05, 0.1) is 12.6 Å². The molecule has 0 bridgehead atoms. The molecule has 1 atom stereocenters. The van der Waals surface area contributed by atoms with Gasteiger partial charge in [0, 0.05) is 15.4 Å². The molecule has 124 valence electrons. The smallest absolute Gasteiger partial charge is 0.234 e. The van der Waals surface area contributed by atoms with E-state index in [4.69, 9.17) is 11.6 Å². The summed E-state index contributed by atoms with van der Waals surface area (Å²) in [5.41, 5.74) is 0.202. The fraction of sp³-hybridized carbons (Fsp3) is 0.353. The molecule has 1 aromatic carbocycles. The van der Waals surface area contributed by atoms with Crippen LogP contribution in [-0.4, -0.2) is 12.5 Å². The van der Waals surface area contributed by atoms with Crippen LogP contribution in [-0.2, 0) is 10.3 Å². The molecule has 0 aliphatic heterocycles. The molecule has 1 aromatic heterocycles. The van der Waals surface area contributed by atoms with Crippen LogP contribution in [0.25, 0.3) is 0 Å². The summed E-state index contributed by atoms with van der Waals surface area (Å²) in [5.74, 6) is -0.478. The normalized spacial score (nSPS) is 12.9. The van der Waals surface area contributed by atoms with E-state index in [9.17, 15) is 9.18 Å². The van der Waals surface area contributed by atoms with Crippen molar-refractivity contribution in [2.24, 2.45) is 0 Å². The van der Waals surface area contributed by atoms with Crippen LogP contribution in [0.4, 0.5) is 4.39 Å². The second-order valence-electron chi connectivity index (χ2n) is 5.91. The summed E-state index contributed by atoms with van der Waals surface area (Å²) in [5, 5.41) is 8.44. The molecule has 0 fully saturated rings. The minimum absolute atomic E-state index is 0.0261. The lowest BCUT2D eigenvalue weighted by atomic mass is 9.94. The number of rotatable bonds is 6. The predicted molar refractivity (Wildman–Crippen MR) is 93.3 cm³/mol. The molecular formula is C17H20ClFN2OS. The van der Waals surface area contributed by atoms with Gasteiger partial charge in [-0.25, -0.2) is 4.39 Å². The molecule has 0 spiro atoms. The number of amides is 1. The maximum absolute atomic E-state index is 13.2. The van der Waals surface area contributed by atoms with Crippen molar-refractivity contribution in [2.75, 3.05) is 6.54 Å². The lowest BCUT2D eigenvalue weighted by Crippen LogP contribution is -2.44. The summed E-state index contributed by atoms with van der Waals surface area (Å²) in [7, 11) is 0. The maximum Gasteiger partial charge on any atom is 0.234 e. The Kier molecular flexibility index (Phi) is 5.79. The number of thiophene rings is 1. The molecule has 1 amide bonds. The number of halogens is 2. The highest BCUT2D eigenvalue weighted by molar-refractivity contribution is 7.10. The first kappa shape index (κ1) is 17.9. The highest BCUT2D eigenvalue weighted by atomic mass is 35.5. The van der Waals surface area contributed by atoms with Gasteiger partial charge in [0.2, 0.25) is 5.91 Å². The molecule has 2 aromatic rings. The Balaban J connectivity index is 1.94. The average Bonchev–Trinajstić information content (AvgIpc) is 2.99. The third kappa shape index (κ3) is 4.77. The molecule has 0 radical (unpaired) electrons. The van der Waals surface area contributed by atoms with Gasteiger partial charge in [-0.2, -0.15) is 0 Å². The van der Waals surface area contributed by atoms with Crippen LogP contribution in [0.3, 0.4) is 0 Å². The van der Waals surface area contributed by atoms with Gasteiger partial charge in [-0.15, -0.1) is 11.3 Å². The second kappa shape index (κ2) is 7.43. The monoisotopic (exact) mass is 354 g/mol. The molecule has 0 aliphatic rings. The highest BCUT2D eigenvalue weighted by Crippen LogP contribution is 2.28. The predicted octanol–water partition coefficient (Wildman–Crippen LogP) is 4.24. The number of nitrogens with one attached hydrogen (secondary N) is 2. The first-order chi connectivity index (χ1) is 10.8. The zero-order valence-electron chi connectivity index (χ0n) is 13.3. The van der Waals surface area contributed by atoms with Crippen molar-refractivity contribution >= 4 is 28.8 Å². The topological polar surface area (TPSA) is 41.1 Å². The maximum atomic E-state index is 13.2. The van der Waals surface area contributed by atoms with Gasteiger partial charge in [0.15, 0.2) is 0 Å². The Morgan fingerprint density at radius 3 is 2.74 bits per heavy atom. The lowest BCUT2D eigenvalue weighted by molar-refractivity contribution is -0.121. The summed E-state index contributed by atoms with van der Waals surface area (Å²) in [6.07, 6.45) is 0. The number of hydrogen-bond donors (Lipinski definition) is 2. The molecular weight excluding hydrogens is 335 g/mol. The Hall–Kier alpha value is -1.43. The van der Waals surface area contributed by atoms with Crippen molar-refractivity contribution in [2.45, 2.75) is 32.4 Å². The van der Waals surface area contributed by atoms with E-state index in [0.29, 0.717) is 5.02 Å². The van der Waals surface area contributed by atoms with Crippen molar-refractivity contribution < 1.29 is 9.18 Å². The van der Waals surface area contributed by atoms with Crippen molar-refractivity contribution in [3.63, 3.8) is 0 Å². The molecule has 0 aliphatic carbocycles. The van der Waals surface area contributed by atoms with Crippen LogP contribution in [0.2, 0.25) is 5.02 Å². The minimum atomic E-state index is -0.547. The summed E-state index contributed by atoms with van der Waals surface area (Å²) in [4.78, 5) is 13.2. The van der Waals surface area contributed by atoms with Gasteiger partial charge in [-0.1, -0.05) is 23.7 Å². The van der Waals surface area contributed by atoms with Gasteiger partial charge >= 0.3 is 0 Å². The summed E-state index contributed by atoms with van der Waals surface area (Å²) >= 11 is 7.71. The third-order valence-electron chi connectivity index (χ3n) is 3.64. The Bertz CT molecular complexity index is 673. The van der Waals surface area contributed by atoms with E-state index in [0.717, 1.165) is 10.4 Å². The first-order valence-corrected chi connectivity index (χ1v) is 8.58. The summed E-state index contributed by atoms with van der Waals surface area (Å²) < 4.78 is 13.2. The average molecular weight is 355 g/mol. The van der Waals surface area contributed by atoms with Crippen molar-refractivity contribution in [3.05, 3.63) is 57.0 Å². The van der Waals surface area contributed by atoms with E-state index in [1.807, 2.05) is 38.3 Å². The van der Waals surface area contributed by atoms with Gasteiger partial charge in [0.25, 0.3) is 0 Å². The Morgan fingerprint density at radius 1 is 1.39 bits per heavy atom. The molecule has 0 saturated carbocycles. The lowest BCUT2D eigenvalue weighted by Gasteiger charge is -2.28. The third-order valence-corrected chi connectivity index (χ3v) is 5.01. The van der Waals surface area contributed by atoms with Crippen LogP contribution in [0, 0.1) is 5.82 Å². The number of carbonyl (C=O) groups is 1. The standard InChI is InChI=1S/C17H20ClFN2OS/c1-11(15-5-4-8-23-15)21-16(22)10-20-17(2,3)13-7-6-12(19)9-14(13)18/h4-9,11,20H,10H2,1-3H3,(H,21,22). The zero-order valence-corrected chi connectivity index (χ0v) is 14.9. The molecule has 1 heterocycles. The van der Waals surface area contributed by atoms with Gasteiger partial charge in [-0.05, 0) is 49.9 Å². The largest absolute Gasteiger partial charge is 0.348 e. The SMILES string of the molecule is CC(NC(=O)CNC(C)(C)c1ccc(F)cc1Cl)c1cccs1. The van der Waals surface area contributed by atoms with Gasteiger partial charge < -0.3 is 5.32 Å². The first-order valence-electron chi connectivity index (χ1n) is 7.33. The fourth-order valence-corrected chi connectivity index (χ4v) is 3.43. The van der Waals surface area contributed by atoms with Gasteiger partial charge in [-0.3, -0.25) is 10.1 Å². The van der Waals surface area contributed by atoms with Crippen molar-refractivity contribution in [1.29, 1.82) is 0 Å². The van der Waals surface area contributed by atoms with Crippen LogP contribution >= 0.6 is 22.9 Å². The Labute approximate surface area is 144 Å². The van der Waals surface area contributed by atoms with Crippen LogP contribution in [0.1, 0.15) is 37.3 Å². The molecule has 3 nitrogen and oxygen atoms in total. The Morgan fingerprint density at radius 2 is 2.13 bits per heavy atom. The number of carbonyl (C=O) groups excluding carboxylic acids is 1. The second-order valence-corrected chi connectivity index (χ2v) is 7.29. The quantitative estimate of drug-likeness (QED) is 0.814. The molecule has 6 heteroatoms. The molecule has 23 heavy (non-hydrogen) atoms. The van der Waals surface area contributed by atoms with Crippen LogP contribution in [0.5, 0.6) is 0 Å². The van der Waals surface area contributed by atoms with E-state index in [1.165, 1.54) is 12.1 Å². The van der Waals surface area contributed by atoms with E-state index in [2.05, 4.69) is 10.6 Å². The van der Waals surface area contributed by atoms with E-state index >= 15 is 0 Å². The zero-order chi connectivity index (χ0) is 17.0. The molecule has 1 unspecified atom stereocenters. The van der Waals surface area contributed by atoms with Crippen LogP contribution in [0.15, 0.2) is 35.7 Å². The highest BCUT2D eigenvalue weighted by Gasteiger charge is 2.24. The van der Waals surface area contributed by atoms with Crippen molar-refractivity contribution in [1.82, 2.24) is 10.6 Å². The molecule has 2 N–H and O–H groups in total. The van der Waals surface area contributed by atoms with Crippen LogP contribution < -0.4 is 10.6 Å². The fourth-order valence-electron chi connectivity index (χ4n) is 2.29. The molecule has 2 rings (SSSR count). The van der Waals surface area contributed by atoms with Crippen molar-refractivity contribution in [3.8, 4) is 0 Å².